The number of aromatic amines is 1. The first kappa shape index (κ1) is 18.4. The lowest BCUT2D eigenvalue weighted by Crippen LogP contribution is -2.07. The van der Waals surface area contributed by atoms with Gasteiger partial charge in [-0.15, -0.1) is 0 Å². The Morgan fingerprint density at radius 1 is 0.929 bits per heavy atom. The number of nitrogens with one attached hydrogen (secondary N) is 2. The second kappa shape index (κ2) is 7.98. The Balaban J connectivity index is 1.51. The van der Waals surface area contributed by atoms with Crippen LogP contribution < -0.4 is 11.1 Å². The molecule has 0 amide bonds. The maximum absolute atomic E-state index is 6.24. The molecule has 28 heavy (non-hydrogen) atoms. The average molecular weight is 389 g/mol. The smallest absolute Gasteiger partial charge is 0.166 e. The SMILES string of the molecule is Cc1cccc(CNc2c(C)cccc2CSc2nc3ccccc3[nH]2)c1N. The molecule has 0 bridgehead atoms. The van der Waals surface area contributed by atoms with Gasteiger partial charge in [-0.1, -0.05) is 60.3 Å². The van der Waals surface area contributed by atoms with Crippen molar-refractivity contribution in [1.29, 1.82) is 0 Å². The number of hydrogen-bond acceptors (Lipinski definition) is 4. The number of para-hydroxylation sites is 4. The Bertz CT molecular complexity index is 1080. The molecule has 0 aliphatic carbocycles. The van der Waals surface area contributed by atoms with Gasteiger partial charge < -0.3 is 16.0 Å². The predicted octanol–water partition coefficient (Wildman–Crippen LogP) is 5.67. The van der Waals surface area contributed by atoms with Gasteiger partial charge in [-0.05, 0) is 48.2 Å². The van der Waals surface area contributed by atoms with Crippen molar-refractivity contribution >= 4 is 34.2 Å². The number of hydrogen-bond donors (Lipinski definition) is 3. The van der Waals surface area contributed by atoms with Gasteiger partial charge in [-0.25, -0.2) is 4.98 Å². The van der Waals surface area contributed by atoms with E-state index >= 15 is 0 Å². The van der Waals surface area contributed by atoms with Gasteiger partial charge in [0, 0.05) is 23.7 Å². The summed E-state index contributed by atoms with van der Waals surface area (Å²) in [6, 6.07) is 20.7. The zero-order valence-electron chi connectivity index (χ0n) is 16.1. The number of thioether (sulfide) groups is 1. The van der Waals surface area contributed by atoms with Crippen LogP contribution in [-0.4, -0.2) is 9.97 Å². The van der Waals surface area contributed by atoms with Crippen LogP contribution in [0.4, 0.5) is 11.4 Å². The Kier molecular flexibility index (Phi) is 5.26. The minimum Gasteiger partial charge on any atom is -0.398 e. The fourth-order valence-electron chi connectivity index (χ4n) is 3.32. The highest BCUT2D eigenvalue weighted by Crippen LogP contribution is 2.29. The van der Waals surface area contributed by atoms with E-state index in [4.69, 9.17) is 5.73 Å². The van der Waals surface area contributed by atoms with Gasteiger partial charge in [0.25, 0.3) is 0 Å². The molecule has 0 saturated heterocycles. The molecule has 0 saturated carbocycles. The van der Waals surface area contributed by atoms with Crippen LogP contribution in [0.3, 0.4) is 0 Å². The van der Waals surface area contributed by atoms with Crippen molar-refractivity contribution in [2.24, 2.45) is 0 Å². The Labute approximate surface area is 169 Å². The molecule has 0 unspecified atom stereocenters. The molecule has 0 radical (unpaired) electrons. The number of nitrogens with two attached hydrogens (primary N) is 1. The molecule has 3 aromatic carbocycles. The monoisotopic (exact) mass is 388 g/mol. The van der Waals surface area contributed by atoms with Gasteiger partial charge in [-0.3, -0.25) is 0 Å². The maximum atomic E-state index is 6.24. The second-order valence-electron chi connectivity index (χ2n) is 6.96. The Hall–Kier alpha value is -2.92. The fraction of sp³-hybridized carbons (Fsp3) is 0.174. The molecule has 1 aromatic heterocycles. The molecule has 0 fully saturated rings. The minimum absolute atomic E-state index is 0.709. The third kappa shape index (κ3) is 3.85. The highest BCUT2D eigenvalue weighted by molar-refractivity contribution is 7.98. The molecule has 0 aliphatic rings. The molecule has 4 aromatic rings. The average Bonchev–Trinajstić information content (AvgIpc) is 3.11. The van der Waals surface area contributed by atoms with Crippen LogP contribution in [0.5, 0.6) is 0 Å². The van der Waals surface area contributed by atoms with Gasteiger partial charge in [0.2, 0.25) is 0 Å². The number of nitrogens with zero attached hydrogens (tertiary/aromatic N) is 1. The summed E-state index contributed by atoms with van der Waals surface area (Å²) < 4.78 is 0. The van der Waals surface area contributed by atoms with Crippen LogP contribution in [0.15, 0.2) is 65.8 Å². The molecule has 142 valence electrons. The number of benzene rings is 3. The molecule has 0 aliphatic heterocycles. The third-order valence-corrected chi connectivity index (χ3v) is 5.88. The minimum atomic E-state index is 0.709. The van der Waals surface area contributed by atoms with Crippen molar-refractivity contribution in [3.05, 3.63) is 82.9 Å². The highest BCUT2D eigenvalue weighted by atomic mass is 32.2. The molecule has 0 atom stereocenters. The molecule has 0 spiro atoms. The molecular formula is C23H24N4S. The Morgan fingerprint density at radius 2 is 1.68 bits per heavy atom. The summed E-state index contributed by atoms with van der Waals surface area (Å²) in [5.74, 6) is 0.840. The van der Waals surface area contributed by atoms with Gasteiger partial charge >= 0.3 is 0 Å². The van der Waals surface area contributed by atoms with E-state index in [-0.39, 0.29) is 0 Å². The van der Waals surface area contributed by atoms with Crippen molar-refractivity contribution in [2.45, 2.75) is 31.3 Å². The summed E-state index contributed by atoms with van der Waals surface area (Å²) in [7, 11) is 0. The standard InChI is InChI=1S/C23H24N4S/c1-15-7-5-9-17(21(15)24)13-25-22-16(2)8-6-10-18(22)14-28-23-26-19-11-3-4-12-20(19)27-23/h3-12,25H,13-14,24H2,1-2H3,(H,26,27). The van der Waals surface area contributed by atoms with Gasteiger partial charge in [0.15, 0.2) is 5.16 Å². The van der Waals surface area contributed by atoms with E-state index in [1.54, 1.807) is 11.8 Å². The zero-order valence-corrected chi connectivity index (χ0v) is 16.9. The van der Waals surface area contributed by atoms with E-state index in [0.717, 1.165) is 38.8 Å². The summed E-state index contributed by atoms with van der Waals surface area (Å²) in [6.07, 6.45) is 0. The molecule has 4 N–H and O–H groups in total. The van der Waals surface area contributed by atoms with Crippen LogP contribution in [0, 0.1) is 13.8 Å². The molecule has 1 heterocycles. The lowest BCUT2D eigenvalue weighted by atomic mass is 10.1. The van der Waals surface area contributed by atoms with Crippen molar-refractivity contribution in [1.82, 2.24) is 9.97 Å². The largest absolute Gasteiger partial charge is 0.398 e. The molecule has 4 nitrogen and oxygen atoms in total. The summed E-state index contributed by atoms with van der Waals surface area (Å²) in [5.41, 5.74) is 15.1. The lowest BCUT2D eigenvalue weighted by molar-refractivity contribution is 1.08. The van der Waals surface area contributed by atoms with Gasteiger partial charge in [0.1, 0.15) is 0 Å². The first-order chi connectivity index (χ1) is 13.6. The number of anilines is 2. The highest BCUT2D eigenvalue weighted by Gasteiger charge is 2.09. The normalized spacial score (nSPS) is 11.1. The van der Waals surface area contributed by atoms with Gasteiger partial charge in [-0.2, -0.15) is 0 Å². The topological polar surface area (TPSA) is 66.7 Å². The number of imidazole rings is 1. The number of aromatic nitrogens is 2. The molecule has 4 rings (SSSR count). The van der Waals surface area contributed by atoms with Crippen molar-refractivity contribution in [2.75, 3.05) is 11.1 Å². The number of rotatable bonds is 6. The van der Waals surface area contributed by atoms with E-state index in [0.29, 0.717) is 6.54 Å². The van der Waals surface area contributed by atoms with E-state index in [2.05, 4.69) is 58.6 Å². The van der Waals surface area contributed by atoms with Crippen molar-refractivity contribution in [3.8, 4) is 0 Å². The second-order valence-corrected chi connectivity index (χ2v) is 7.92. The third-order valence-electron chi connectivity index (χ3n) is 4.96. The predicted molar refractivity (Wildman–Crippen MR) is 120 cm³/mol. The van der Waals surface area contributed by atoms with E-state index < -0.39 is 0 Å². The van der Waals surface area contributed by atoms with Crippen LogP contribution >= 0.6 is 11.8 Å². The number of H-pyrrole nitrogens is 1. The first-order valence-corrected chi connectivity index (χ1v) is 10.3. The van der Waals surface area contributed by atoms with Crippen LogP contribution in [0.2, 0.25) is 0 Å². The van der Waals surface area contributed by atoms with Gasteiger partial charge in [0.05, 0.1) is 11.0 Å². The van der Waals surface area contributed by atoms with Crippen molar-refractivity contribution in [3.63, 3.8) is 0 Å². The number of nitrogen functional groups attached to an aromatic ring is 1. The lowest BCUT2D eigenvalue weighted by Gasteiger charge is -2.16. The maximum Gasteiger partial charge on any atom is 0.166 e. The van der Waals surface area contributed by atoms with E-state index in [1.807, 2.05) is 31.2 Å². The zero-order chi connectivity index (χ0) is 19.5. The summed E-state index contributed by atoms with van der Waals surface area (Å²) in [6.45, 7) is 4.89. The Morgan fingerprint density at radius 3 is 2.50 bits per heavy atom. The summed E-state index contributed by atoms with van der Waals surface area (Å²) in [4.78, 5) is 8.05. The number of aryl methyl sites for hydroxylation is 2. The first-order valence-electron chi connectivity index (χ1n) is 9.35. The van der Waals surface area contributed by atoms with Crippen molar-refractivity contribution < 1.29 is 0 Å². The van der Waals surface area contributed by atoms with Crippen LogP contribution in [-0.2, 0) is 12.3 Å². The van der Waals surface area contributed by atoms with Crippen LogP contribution in [0.1, 0.15) is 22.3 Å². The summed E-state index contributed by atoms with van der Waals surface area (Å²) in [5, 5.41) is 4.55. The fourth-order valence-corrected chi connectivity index (χ4v) is 4.20. The quantitative estimate of drug-likeness (QED) is 0.294. The molecule has 5 heteroatoms. The molecular weight excluding hydrogens is 364 g/mol. The van der Waals surface area contributed by atoms with Crippen LogP contribution in [0.25, 0.3) is 11.0 Å². The van der Waals surface area contributed by atoms with E-state index in [1.165, 1.54) is 16.8 Å². The van der Waals surface area contributed by atoms with E-state index in [9.17, 15) is 0 Å². The summed E-state index contributed by atoms with van der Waals surface area (Å²) >= 11 is 1.72. The number of fused-ring (bicyclic) bond motifs is 1.